The fraction of sp³-hybridized carbons (Fsp3) is 0.217. The molecule has 3 aromatic rings. The molecule has 0 saturated carbocycles. The molecule has 0 unspecified atom stereocenters. The van der Waals surface area contributed by atoms with Crippen LogP contribution in [0.3, 0.4) is 0 Å². The molecule has 28 heavy (non-hydrogen) atoms. The lowest BCUT2D eigenvalue weighted by Crippen LogP contribution is -2.34. The van der Waals surface area contributed by atoms with Crippen molar-refractivity contribution >= 4 is 17.1 Å². The molecule has 1 N–H and O–H groups in total. The van der Waals surface area contributed by atoms with Gasteiger partial charge in [-0.15, -0.1) is 0 Å². The number of hydrogen-bond donors (Lipinski definition) is 1. The molecule has 1 heterocycles. The van der Waals surface area contributed by atoms with Gasteiger partial charge in [0.2, 0.25) is 0 Å². The maximum Gasteiger partial charge on any atom is 0.148 e. The molecule has 1 aliphatic rings. The number of fused-ring (bicyclic) bond motifs is 1. The molecular formula is C23H23F2N3. The van der Waals surface area contributed by atoms with Gasteiger partial charge in [0, 0.05) is 0 Å². The van der Waals surface area contributed by atoms with Crippen LogP contribution in [0.2, 0.25) is 0 Å². The van der Waals surface area contributed by atoms with Crippen molar-refractivity contribution in [2.75, 3.05) is 30.1 Å². The zero-order valence-corrected chi connectivity index (χ0v) is 15.8. The van der Waals surface area contributed by atoms with E-state index in [0.29, 0.717) is 23.7 Å². The van der Waals surface area contributed by atoms with Gasteiger partial charge in [-0.3, -0.25) is 0 Å². The van der Waals surface area contributed by atoms with E-state index in [1.54, 1.807) is 24.3 Å². The van der Waals surface area contributed by atoms with Crippen LogP contribution in [0.4, 0.5) is 25.8 Å². The van der Waals surface area contributed by atoms with Gasteiger partial charge in [0.25, 0.3) is 0 Å². The zero-order chi connectivity index (χ0) is 19.5. The number of para-hydroxylation sites is 2. The molecule has 0 radical (unpaired) electrons. The fourth-order valence-electron chi connectivity index (χ4n) is 3.90. The number of nitrogens with zero attached hydrogens (tertiary/aromatic N) is 2. The van der Waals surface area contributed by atoms with Crippen molar-refractivity contribution in [3.8, 4) is 0 Å². The summed E-state index contributed by atoms with van der Waals surface area (Å²) >= 11 is 0. The summed E-state index contributed by atoms with van der Waals surface area (Å²) in [5.74, 6) is -0.604. The van der Waals surface area contributed by atoms with Crippen LogP contribution in [-0.4, -0.2) is 20.3 Å². The molecular weight excluding hydrogens is 356 g/mol. The van der Waals surface area contributed by atoms with Crippen LogP contribution < -0.4 is 15.1 Å². The van der Waals surface area contributed by atoms with E-state index in [9.17, 15) is 8.78 Å². The minimum absolute atomic E-state index is 0.0268. The first-order valence-corrected chi connectivity index (χ1v) is 9.47. The molecule has 4 rings (SSSR count). The molecule has 0 saturated heterocycles. The summed E-state index contributed by atoms with van der Waals surface area (Å²) in [5.41, 5.74) is 2.78. The molecule has 144 valence electrons. The topological polar surface area (TPSA) is 18.5 Å². The van der Waals surface area contributed by atoms with Crippen molar-refractivity contribution in [3.63, 3.8) is 0 Å². The Bertz CT molecular complexity index is 946. The van der Waals surface area contributed by atoms with Gasteiger partial charge in [0.15, 0.2) is 0 Å². The minimum Gasteiger partial charge on any atom is -0.342 e. The van der Waals surface area contributed by atoms with E-state index in [2.05, 4.69) is 17.4 Å². The first-order valence-electron chi connectivity index (χ1n) is 9.47. The van der Waals surface area contributed by atoms with Gasteiger partial charge in [-0.25, -0.2) is 8.78 Å². The fourth-order valence-corrected chi connectivity index (χ4v) is 3.90. The summed E-state index contributed by atoms with van der Waals surface area (Å²) in [4.78, 5) is 3.90. The molecule has 1 aliphatic heterocycles. The van der Waals surface area contributed by atoms with Crippen molar-refractivity contribution in [2.45, 2.75) is 12.5 Å². The van der Waals surface area contributed by atoms with Gasteiger partial charge < -0.3 is 15.1 Å². The minimum atomic E-state index is -0.314. The summed E-state index contributed by atoms with van der Waals surface area (Å²) in [6.45, 7) is 1.18. The molecule has 1 atom stereocenters. The van der Waals surface area contributed by atoms with Gasteiger partial charge in [-0.1, -0.05) is 48.5 Å². The van der Waals surface area contributed by atoms with E-state index in [1.807, 2.05) is 41.1 Å². The Balaban J connectivity index is 1.80. The Labute approximate surface area is 164 Å². The van der Waals surface area contributed by atoms with Crippen LogP contribution in [0.5, 0.6) is 0 Å². The van der Waals surface area contributed by atoms with E-state index < -0.39 is 0 Å². The third kappa shape index (κ3) is 3.34. The normalized spacial score (nSPS) is 14.2. The lowest BCUT2D eigenvalue weighted by Gasteiger charge is -2.31. The van der Waals surface area contributed by atoms with Gasteiger partial charge in [-0.2, -0.15) is 0 Å². The highest BCUT2D eigenvalue weighted by Crippen LogP contribution is 2.46. The largest absolute Gasteiger partial charge is 0.342 e. The van der Waals surface area contributed by atoms with Crippen molar-refractivity contribution in [1.29, 1.82) is 0 Å². The number of benzene rings is 3. The van der Waals surface area contributed by atoms with Crippen molar-refractivity contribution < 1.29 is 8.78 Å². The zero-order valence-electron chi connectivity index (χ0n) is 15.8. The second-order valence-corrected chi connectivity index (χ2v) is 6.92. The first-order chi connectivity index (χ1) is 13.7. The molecule has 5 heteroatoms. The average molecular weight is 379 g/mol. The quantitative estimate of drug-likeness (QED) is 0.633. The first kappa shape index (κ1) is 18.4. The van der Waals surface area contributed by atoms with Crippen LogP contribution in [-0.2, 0) is 0 Å². The van der Waals surface area contributed by atoms with Crippen molar-refractivity contribution in [3.05, 3.63) is 90.0 Å². The van der Waals surface area contributed by atoms with Gasteiger partial charge >= 0.3 is 0 Å². The maximum absolute atomic E-state index is 15.0. The van der Waals surface area contributed by atoms with Gasteiger partial charge in [0.1, 0.15) is 11.6 Å². The van der Waals surface area contributed by atoms with Crippen LogP contribution >= 0.6 is 0 Å². The number of anilines is 3. The highest BCUT2D eigenvalue weighted by molar-refractivity contribution is 5.83. The second-order valence-electron chi connectivity index (χ2n) is 6.92. The smallest absolute Gasteiger partial charge is 0.148 e. The Kier molecular flexibility index (Phi) is 5.26. The molecule has 3 aromatic carbocycles. The Hall–Kier alpha value is -2.92. The van der Waals surface area contributed by atoms with Crippen molar-refractivity contribution in [1.82, 2.24) is 5.32 Å². The van der Waals surface area contributed by atoms with Crippen LogP contribution in [0, 0.1) is 11.6 Å². The number of halogens is 2. The third-order valence-corrected chi connectivity index (χ3v) is 5.21. The molecule has 0 spiro atoms. The van der Waals surface area contributed by atoms with Crippen LogP contribution in [0.15, 0.2) is 72.8 Å². The summed E-state index contributed by atoms with van der Waals surface area (Å²) in [7, 11) is 1.91. The van der Waals surface area contributed by atoms with Crippen LogP contribution in [0.1, 0.15) is 18.0 Å². The van der Waals surface area contributed by atoms with E-state index in [4.69, 9.17) is 0 Å². The lowest BCUT2D eigenvalue weighted by molar-refractivity contribution is 0.552. The number of hydrogen-bond acceptors (Lipinski definition) is 3. The Morgan fingerprint density at radius 1 is 0.857 bits per heavy atom. The Morgan fingerprint density at radius 3 is 2.29 bits per heavy atom. The summed E-state index contributed by atoms with van der Waals surface area (Å²) in [6.07, 6.45) is 0.805. The van der Waals surface area contributed by atoms with E-state index in [0.717, 1.165) is 18.5 Å². The van der Waals surface area contributed by atoms with Crippen LogP contribution in [0.25, 0.3) is 0 Å². The van der Waals surface area contributed by atoms with E-state index in [-0.39, 0.29) is 17.7 Å². The predicted molar refractivity (Wildman–Crippen MR) is 110 cm³/mol. The summed E-state index contributed by atoms with van der Waals surface area (Å²) in [5, 5.41) is 3.19. The lowest BCUT2D eigenvalue weighted by atomic mass is 10.0. The highest BCUT2D eigenvalue weighted by atomic mass is 19.1. The summed E-state index contributed by atoms with van der Waals surface area (Å²) in [6, 6.07) is 21.7. The molecule has 0 aromatic heterocycles. The molecule has 0 aliphatic carbocycles. The molecule has 0 amide bonds. The maximum atomic E-state index is 15.0. The number of nitrogens with one attached hydrogen (secondary N) is 1. The van der Waals surface area contributed by atoms with E-state index >= 15 is 0 Å². The average Bonchev–Trinajstić information content (AvgIpc) is 3.10. The second kappa shape index (κ2) is 7.98. The van der Waals surface area contributed by atoms with Gasteiger partial charge in [-0.05, 0) is 49.8 Å². The molecule has 0 bridgehead atoms. The summed E-state index contributed by atoms with van der Waals surface area (Å²) < 4.78 is 29.5. The third-order valence-electron chi connectivity index (χ3n) is 5.21. The Morgan fingerprint density at radius 2 is 1.54 bits per heavy atom. The standard InChI is InChI=1S/C23H23F2N3/c1-26-15-14-20(17-8-3-2-4-9-17)28-16-27(21-12-6-5-10-18(21)24)22-13-7-11-19(25)23(22)28/h2-13,20,26H,14-16H2,1H3/t20-/m1/s1. The number of rotatable bonds is 6. The molecule has 3 nitrogen and oxygen atoms in total. The highest BCUT2D eigenvalue weighted by Gasteiger charge is 2.35. The SMILES string of the molecule is CNCC[C@H](c1ccccc1)N1CN(c2ccccc2F)c2cccc(F)c21. The van der Waals surface area contributed by atoms with E-state index in [1.165, 1.54) is 12.1 Å². The van der Waals surface area contributed by atoms with Gasteiger partial charge in [0.05, 0.1) is 29.8 Å². The monoisotopic (exact) mass is 379 g/mol. The van der Waals surface area contributed by atoms with Crippen molar-refractivity contribution in [2.24, 2.45) is 0 Å². The predicted octanol–water partition coefficient (Wildman–Crippen LogP) is 5.23. The molecule has 0 fully saturated rings.